The molecule has 0 aliphatic heterocycles. The normalized spacial score (nSPS) is 13.1. The molecule has 260 valence electrons. The predicted octanol–water partition coefficient (Wildman–Crippen LogP) is 14.3. The maximum atomic E-state index is 2.48. The summed E-state index contributed by atoms with van der Waals surface area (Å²) in [5, 5.41) is 5.10. The molecule has 0 unspecified atom stereocenters. The Kier molecular flexibility index (Phi) is 7.22. The third kappa shape index (κ3) is 4.94. The van der Waals surface area contributed by atoms with Gasteiger partial charge in [0.2, 0.25) is 0 Å². The van der Waals surface area contributed by atoms with E-state index >= 15 is 0 Å². The quantitative estimate of drug-likeness (QED) is 0.174. The Morgan fingerprint density at radius 2 is 1.09 bits per heavy atom. The predicted molar refractivity (Wildman–Crippen MR) is 230 cm³/mol. The van der Waals surface area contributed by atoms with E-state index < -0.39 is 0 Å². The Hall–Kier alpha value is -6.38. The van der Waals surface area contributed by atoms with Crippen molar-refractivity contribution in [3.8, 4) is 27.9 Å². The van der Waals surface area contributed by atoms with Crippen molar-refractivity contribution in [3.05, 3.63) is 192 Å². The molecule has 1 aliphatic rings. The highest BCUT2D eigenvalue weighted by Gasteiger charge is 2.38. The molecule has 2 nitrogen and oxygen atoms in total. The van der Waals surface area contributed by atoms with Crippen LogP contribution in [0.25, 0.3) is 60.5 Å². The highest BCUT2D eigenvalue weighted by Crippen LogP contribution is 2.55. The maximum Gasteiger partial charge on any atom is 0.0543 e. The van der Waals surface area contributed by atoms with E-state index in [1.54, 1.807) is 0 Å². The Balaban J connectivity index is 1.19. The highest BCUT2D eigenvalue weighted by molar-refractivity contribution is 6.12. The molecule has 0 saturated heterocycles. The highest BCUT2D eigenvalue weighted by atomic mass is 15.1. The van der Waals surface area contributed by atoms with Gasteiger partial charge in [-0.25, -0.2) is 0 Å². The summed E-state index contributed by atoms with van der Waals surface area (Å²) in [5.41, 5.74) is 18.6. The Morgan fingerprint density at radius 1 is 0.444 bits per heavy atom. The van der Waals surface area contributed by atoms with Crippen molar-refractivity contribution in [3.63, 3.8) is 0 Å². The lowest BCUT2D eigenvalue weighted by Gasteiger charge is -2.30. The molecule has 0 radical (unpaired) electrons. The average molecular weight is 695 g/mol. The maximum absolute atomic E-state index is 2.48. The van der Waals surface area contributed by atoms with Crippen LogP contribution in [0.15, 0.2) is 164 Å². The second-order valence-corrected chi connectivity index (χ2v) is 15.7. The molecular formula is C52H42N2. The first-order chi connectivity index (χ1) is 26.3. The SMILES string of the molecule is Cc1cc(C)cc(N(c2ccccc2)c2cc3c(c4ccccc24)-c2ccc(-n4c5ccc(C)cc5c5cc(-c6ccccc6)ccc54)cc2C3(C)C)c1. The van der Waals surface area contributed by atoms with Crippen molar-refractivity contribution >= 4 is 49.6 Å². The number of anilines is 3. The van der Waals surface area contributed by atoms with Crippen LogP contribution in [-0.2, 0) is 5.41 Å². The van der Waals surface area contributed by atoms with E-state index in [9.17, 15) is 0 Å². The molecule has 1 aliphatic carbocycles. The Bertz CT molecular complexity index is 2910. The molecule has 0 bridgehead atoms. The molecule has 0 N–H and O–H groups in total. The minimum Gasteiger partial charge on any atom is -0.310 e. The summed E-state index contributed by atoms with van der Waals surface area (Å²) in [4.78, 5) is 2.46. The number of hydrogen-bond acceptors (Lipinski definition) is 1. The zero-order chi connectivity index (χ0) is 36.7. The fraction of sp³-hybridized carbons (Fsp3) is 0.115. The van der Waals surface area contributed by atoms with E-state index in [4.69, 9.17) is 0 Å². The van der Waals surface area contributed by atoms with Crippen LogP contribution in [0.3, 0.4) is 0 Å². The average Bonchev–Trinajstić information content (AvgIpc) is 3.62. The van der Waals surface area contributed by atoms with E-state index in [2.05, 4.69) is 208 Å². The second-order valence-electron chi connectivity index (χ2n) is 15.7. The van der Waals surface area contributed by atoms with Gasteiger partial charge in [-0.05, 0) is 137 Å². The fourth-order valence-electron chi connectivity index (χ4n) is 9.19. The van der Waals surface area contributed by atoms with E-state index in [0.717, 1.165) is 5.69 Å². The first-order valence-corrected chi connectivity index (χ1v) is 19.0. The topological polar surface area (TPSA) is 8.17 Å². The minimum absolute atomic E-state index is 0.236. The van der Waals surface area contributed by atoms with E-state index in [1.807, 2.05) is 0 Å². The number of hydrogen-bond donors (Lipinski definition) is 0. The number of rotatable bonds is 5. The monoisotopic (exact) mass is 694 g/mol. The van der Waals surface area contributed by atoms with Crippen LogP contribution in [0.1, 0.15) is 41.7 Å². The second kappa shape index (κ2) is 12.1. The van der Waals surface area contributed by atoms with Gasteiger partial charge in [-0.3, -0.25) is 0 Å². The number of benzene rings is 8. The van der Waals surface area contributed by atoms with Crippen LogP contribution >= 0.6 is 0 Å². The summed E-state index contributed by atoms with van der Waals surface area (Å²) < 4.78 is 2.47. The zero-order valence-corrected chi connectivity index (χ0v) is 31.5. The molecule has 0 atom stereocenters. The van der Waals surface area contributed by atoms with Crippen LogP contribution < -0.4 is 4.90 Å². The van der Waals surface area contributed by atoms with Crippen LogP contribution in [0.2, 0.25) is 0 Å². The zero-order valence-electron chi connectivity index (χ0n) is 31.5. The molecule has 10 rings (SSSR count). The standard InChI is InChI=1S/C52H42N2/c1-33-20-24-48-44(29-33)45-30-37(36-14-8-6-9-15-36)21-25-49(45)54(48)39-22-23-43-46(31-39)52(4,5)47-32-50(41-18-12-13-19-42(41)51(43)47)53(38-16-10-7-11-17-38)40-27-34(2)26-35(3)28-40/h6-32H,1-5H3. The van der Waals surface area contributed by atoms with Crippen molar-refractivity contribution < 1.29 is 0 Å². The summed E-state index contributed by atoms with van der Waals surface area (Å²) in [7, 11) is 0. The Labute approximate surface area is 317 Å². The van der Waals surface area contributed by atoms with Crippen LogP contribution in [0.4, 0.5) is 17.1 Å². The number of aryl methyl sites for hydroxylation is 3. The molecule has 0 saturated carbocycles. The lowest BCUT2D eigenvalue weighted by Crippen LogP contribution is -2.17. The van der Waals surface area contributed by atoms with Crippen molar-refractivity contribution in [2.45, 2.75) is 40.0 Å². The number of nitrogens with zero attached hydrogens (tertiary/aromatic N) is 2. The Morgan fingerprint density at radius 3 is 1.83 bits per heavy atom. The number of aromatic nitrogens is 1. The molecule has 0 fully saturated rings. The third-order valence-electron chi connectivity index (χ3n) is 11.6. The van der Waals surface area contributed by atoms with Crippen molar-refractivity contribution in [2.24, 2.45) is 0 Å². The summed E-state index contributed by atoms with van der Waals surface area (Å²) in [6.07, 6.45) is 0. The lowest BCUT2D eigenvalue weighted by molar-refractivity contribution is 0.660. The van der Waals surface area contributed by atoms with Gasteiger partial charge in [0.05, 0.1) is 16.7 Å². The largest absolute Gasteiger partial charge is 0.310 e. The first-order valence-electron chi connectivity index (χ1n) is 19.0. The molecule has 1 heterocycles. The summed E-state index contributed by atoms with van der Waals surface area (Å²) >= 11 is 0. The van der Waals surface area contributed by atoms with Gasteiger partial charge in [0.1, 0.15) is 0 Å². The molecule has 0 amide bonds. The molecule has 1 aromatic heterocycles. The molecule has 54 heavy (non-hydrogen) atoms. The minimum atomic E-state index is -0.236. The van der Waals surface area contributed by atoms with Crippen LogP contribution in [0, 0.1) is 20.8 Å². The van der Waals surface area contributed by atoms with Gasteiger partial charge in [-0.2, -0.15) is 0 Å². The smallest absolute Gasteiger partial charge is 0.0543 e. The van der Waals surface area contributed by atoms with E-state index in [-0.39, 0.29) is 5.41 Å². The van der Waals surface area contributed by atoms with E-state index in [1.165, 1.54) is 99.7 Å². The van der Waals surface area contributed by atoms with Crippen molar-refractivity contribution in [1.82, 2.24) is 4.57 Å². The van der Waals surface area contributed by atoms with Gasteiger partial charge in [-0.15, -0.1) is 0 Å². The van der Waals surface area contributed by atoms with Gasteiger partial charge in [0.15, 0.2) is 0 Å². The first kappa shape index (κ1) is 32.3. The van der Waals surface area contributed by atoms with Gasteiger partial charge in [0, 0.05) is 38.6 Å². The van der Waals surface area contributed by atoms with Gasteiger partial charge in [-0.1, -0.05) is 116 Å². The molecule has 8 aromatic carbocycles. The van der Waals surface area contributed by atoms with Gasteiger partial charge >= 0.3 is 0 Å². The van der Waals surface area contributed by atoms with E-state index in [0.29, 0.717) is 0 Å². The lowest BCUT2D eigenvalue weighted by atomic mass is 9.81. The van der Waals surface area contributed by atoms with Crippen LogP contribution in [0.5, 0.6) is 0 Å². The number of fused-ring (bicyclic) bond motifs is 8. The van der Waals surface area contributed by atoms with Gasteiger partial charge in [0.25, 0.3) is 0 Å². The molecule has 2 heteroatoms. The molecule has 0 spiro atoms. The summed E-state index contributed by atoms with van der Waals surface area (Å²) in [6.45, 7) is 11.4. The third-order valence-corrected chi connectivity index (χ3v) is 11.6. The van der Waals surface area contributed by atoms with Gasteiger partial charge < -0.3 is 9.47 Å². The molecule has 9 aromatic rings. The fourth-order valence-corrected chi connectivity index (χ4v) is 9.19. The summed E-state index contributed by atoms with van der Waals surface area (Å²) in [5.74, 6) is 0. The molecular weight excluding hydrogens is 653 g/mol. The number of para-hydroxylation sites is 1. The summed E-state index contributed by atoms with van der Waals surface area (Å²) in [6, 6.07) is 60.9. The van der Waals surface area contributed by atoms with Crippen molar-refractivity contribution in [2.75, 3.05) is 4.90 Å². The van der Waals surface area contributed by atoms with Crippen molar-refractivity contribution in [1.29, 1.82) is 0 Å². The van der Waals surface area contributed by atoms with Crippen LogP contribution in [-0.4, -0.2) is 4.57 Å².